The number of rotatable bonds is 8. The smallest absolute Gasteiger partial charge is 0.320 e. The Labute approximate surface area is 90.6 Å². The molecule has 5 nitrogen and oxygen atoms in total. The minimum absolute atomic E-state index is 0.165. The molecule has 90 valence electrons. The number of aliphatic hydroxyl groups excluding tert-OH is 2. The number of carbonyl (C=O) groups is 1. The number of ether oxygens (including phenoxy) is 1. The Morgan fingerprint density at radius 3 is 2.60 bits per heavy atom. The van der Waals surface area contributed by atoms with Crippen molar-refractivity contribution in [2.75, 3.05) is 32.8 Å². The summed E-state index contributed by atoms with van der Waals surface area (Å²) >= 11 is 0. The lowest BCUT2D eigenvalue weighted by Gasteiger charge is -2.22. The van der Waals surface area contributed by atoms with E-state index in [1.54, 1.807) is 11.8 Å². The van der Waals surface area contributed by atoms with Crippen molar-refractivity contribution in [3.8, 4) is 0 Å². The molecule has 2 N–H and O–H groups in total. The molecule has 0 aliphatic rings. The topological polar surface area (TPSA) is 70.0 Å². The Bertz CT molecular complexity index is 175. The predicted molar refractivity (Wildman–Crippen MR) is 56.5 cm³/mol. The van der Waals surface area contributed by atoms with E-state index in [2.05, 4.69) is 0 Å². The van der Waals surface area contributed by atoms with Gasteiger partial charge in [-0.15, -0.1) is 0 Å². The second-order valence-corrected chi connectivity index (χ2v) is 3.38. The molecule has 0 heterocycles. The maximum absolute atomic E-state index is 11.2. The van der Waals surface area contributed by atoms with Crippen LogP contribution in [0.5, 0.6) is 0 Å². The predicted octanol–water partition coefficient (Wildman–Crippen LogP) is -0.385. The van der Waals surface area contributed by atoms with Crippen LogP contribution in [0.15, 0.2) is 0 Å². The maximum Gasteiger partial charge on any atom is 0.320 e. The van der Waals surface area contributed by atoms with Crippen molar-refractivity contribution in [3.05, 3.63) is 0 Å². The maximum atomic E-state index is 11.2. The molecule has 15 heavy (non-hydrogen) atoms. The van der Waals surface area contributed by atoms with Crippen molar-refractivity contribution in [1.29, 1.82) is 0 Å². The number of nitrogens with zero attached hydrogens (tertiary/aromatic N) is 1. The van der Waals surface area contributed by atoms with Gasteiger partial charge in [0.05, 0.1) is 25.9 Å². The number of carbonyl (C=O) groups excluding carboxylic acids is 1. The zero-order chi connectivity index (χ0) is 11.7. The minimum Gasteiger partial charge on any atom is -0.465 e. The summed E-state index contributed by atoms with van der Waals surface area (Å²) in [5.74, 6) is -0.295. The van der Waals surface area contributed by atoms with Gasteiger partial charge in [0.2, 0.25) is 0 Å². The highest BCUT2D eigenvalue weighted by Gasteiger charge is 2.14. The average molecular weight is 219 g/mol. The highest BCUT2D eigenvalue weighted by atomic mass is 16.5. The third kappa shape index (κ3) is 7.30. The number of esters is 1. The second kappa shape index (κ2) is 8.64. The fourth-order valence-electron chi connectivity index (χ4n) is 1.30. The van der Waals surface area contributed by atoms with Gasteiger partial charge in [-0.05, 0) is 19.9 Å². The van der Waals surface area contributed by atoms with Crippen molar-refractivity contribution in [1.82, 2.24) is 4.90 Å². The van der Waals surface area contributed by atoms with E-state index in [0.717, 1.165) is 6.42 Å². The summed E-state index contributed by atoms with van der Waals surface area (Å²) < 4.78 is 4.81. The van der Waals surface area contributed by atoms with Gasteiger partial charge in [0.25, 0.3) is 0 Å². The Morgan fingerprint density at radius 1 is 1.47 bits per heavy atom. The van der Waals surface area contributed by atoms with E-state index < -0.39 is 6.10 Å². The molecular formula is C10H21NO4. The molecule has 0 saturated carbocycles. The largest absolute Gasteiger partial charge is 0.465 e. The molecule has 0 amide bonds. The molecule has 0 aromatic heterocycles. The van der Waals surface area contributed by atoms with Gasteiger partial charge >= 0.3 is 5.97 Å². The first-order valence-electron chi connectivity index (χ1n) is 5.30. The van der Waals surface area contributed by atoms with Crippen LogP contribution in [-0.4, -0.2) is 60.0 Å². The zero-order valence-corrected chi connectivity index (χ0v) is 9.48. The monoisotopic (exact) mass is 219 g/mol. The molecule has 0 spiro atoms. The lowest BCUT2D eigenvalue weighted by Crippen LogP contribution is -2.38. The summed E-state index contributed by atoms with van der Waals surface area (Å²) in [6, 6.07) is 0. The first-order valence-corrected chi connectivity index (χ1v) is 5.30. The van der Waals surface area contributed by atoms with Crippen LogP contribution < -0.4 is 0 Å². The Kier molecular flexibility index (Phi) is 8.27. The number of hydrogen-bond acceptors (Lipinski definition) is 5. The summed E-state index contributed by atoms with van der Waals surface area (Å²) in [6.07, 6.45) is 0.0864. The highest BCUT2D eigenvalue weighted by molar-refractivity contribution is 5.71. The summed E-state index contributed by atoms with van der Waals surface area (Å²) in [4.78, 5) is 13.0. The summed E-state index contributed by atoms with van der Waals surface area (Å²) in [7, 11) is 0. The highest BCUT2D eigenvalue weighted by Crippen LogP contribution is 1.96. The van der Waals surface area contributed by atoms with Crippen LogP contribution in [0.2, 0.25) is 0 Å². The SMILES string of the molecule is CCCN(CC(=O)OCC)CC(O)CO. The molecule has 5 heteroatoms. The van der Waals surface area contributed by atoms with Crippen LogP contribution in [-0.2, 0) is 9.53 Å². The molecule has 0 aliphatic carbocycles. The van der Waals surface area contributed by atoms with E-state index in [4.69, 9.17) is 9.84 Å². The number of aliphatic hydroxyl groups is 2. The van der Waals surface area contributed by atoms with Gasteiger partial charge in [-0.1, -0.05) is 6.92 Å². The molecule has 0 aromatic rings. The lowest BCUT2D eigenvalue weighted by atomic mass is 10.3. The zero-order valence-electron chi connectivity index (χ0n) is 9.48. The fraction of sp³-hybridized carbons (Fsp3) is 0.900. The standard InChI is InChI=1S/C10H21NO4/c1-3-5-11(6-9(13)8-12)7-10(14)15-4-2/h9,12-13H,3-8H2,1-2H3. The van der Waals surface area contributed by atoms with Crippen LogP contribution in [0, 0.1) is 0 Å². The second-order valence-electron chi connectivity index (χ2n) is 3.38. The van der Waals surface area contributed by atoms with Gasteiger partial charge in [0, 0.05) is 6.54 Å². The van der Waals surface area contributed by atoms with Crippen molar-refractivity contribution >= 4 is 5.97 Å². The molecule has 1 atom stereocenters. The summed E-state index contributed by atoms with van der Waals surface area (Å²) in [5.41, 5.74) is 0. The molecule has 0 radical (unpaired) electrons. The van der Waals surface area contributed by atoms with Gasteiger partial charge in [-0.3, -0.25) is 9.69 Å². The lowest BCUT2D eigenvalue weighted by molar-refractivity contribution is -0.144. The molecule has 0 bridgehead atoms. The first-order chi connectivity index (χ1) is 7.13. The van der Waals surface area contributed by atoms with Crippen LogP contribution in [0.1, 0.15) is 20.3 Å². The third-order valence-corrected chi connectivity index (χ3v) is 1.88. The summed E-state index contributed by atoms with van der Waals surface area (Å²) in [5, 5.41) is 18.0. The van der Waals surface area contributed by atoms with E-state index in [1.165, 1.54) is 0 Å². The third-order valence-electron chi connectivity index (χ3n) is 1.88. The molecule has 0 rings (SSSR count). The van der Waals surface area contributed by atoms with Crippen molar-refractivity contribution in [2.45, 2.75) is 26.4 Å². The first kappa shape index (κ1) is 14.3. The van der Waals surface area contributed by atoms with Crippen molar-refractivity contribution in [2.24, 2.45) is 0 Å². The quantitative estimate of drug-likeness (QED) is 0.544. The van der Waals surface area contributed by atoms with Gasteiger partial charge < -0.3 is 14.9 Å². The van der Waals surface area contributed by atoms with Crippen molar-refractivity contribution < 1.29 is 19.7 Å². The van der Waals surface area contributed by atoms with E-state index >= 15 is 0 Å². The normalized spacial score (nSPS) is 12.9. The minimum atomic E-state index is -0.800. The molecular weight excluding hydrogens is 198 g/mol. The van der Waals surface area contributed by atoms with Crippen molar-refractivity contribution in [3.63, 3.8) is 0 Å². The van der Waals surface area contributed by atoms with Gasteiger partial charge in [0.1, 0.15) is 0 Å². The number of hydrogen-bond donors (Lipinski definition) is 2. The van der Waals surface area contributed by atoms with Gasteiger partial charge in [-0.25, -0.2) is 0 Å². The van der Waals surface area contributed by atoms with E-state index in [1.807, 2.05) is 6.92 Å². The van der Waals surface area contributed by atoms with Crippen LogP contribution in [0.3, 0.4) is 0 Å². The van der Waals surface area contributed by atoms with E-state index in [9.17, 15) is 9.90 Å². The molecule has 0 saturated heterocycles. The summed E-state index contributed by atoms with van der Waals surface area (Å²) in [6.45, 7) is 4.98. The van der Waals surface area contributed by atoms with Gasteiger partial charge in [-0.2, -0.15) is 0 Å². The molecule has 0 aliphatic heterocycles. The molecule has 0 fully saturated rings. The van der Waals surface area contributed by atoms with Crippen LogP contribution in [0.25, 0.3) is 0 Å². The van der Waals surface area contributed by atoms with Gasteiger partial charge in [0.15, 0.2) is 0 Å². The van der Waals surface area contributed by atoms with E-state index in [0.29, 0.717) is 19.7 Å². The molecule has 0 aromatic carbocycles. The Hall–Kier alpha value is -0.650. The van der Waals surface area contributed by atoms with E-state index in [-0.39, 0.29) is 19.1 Å². The fourth-order valence-corrected chi connectivity index (χ4v) is 1.30. The average Bonchev–Trinajstić information content (AvgIpc) is 2.18. The Morgan fingerprint density at radius 2 is 2.13 bits per heavy atom. The van der Waals surface area contributed by atoms with Crippen LogP contribution >= 0.6 is 0 Å². The molecule has 1 unspecified atom stereocenters. The van der Waals surface area contributed by atoms with Crippen LogP contribution in [0.4, 0.5) is 0 Å². The Balaban J connectivity index is 3.96.